The number of hydrogen-bond donors (Lipinski definition) is 0. The van der Waals surface area contributed by atoms with Crippen molar-refractivity contribution in [3.8, 4) is 0 Å². The van der Waals surface area contributed by atoms with E-state index in [0.717, 1.165) is 24.9 Å². The van der Waals surface area contributed by atoms with E-state index in [-0.39, 0.29) is 23.7 Å². The minimum atomic E-state index is -0.372. The molecule has 0 N–H and O–H groups in total. The average molecular weight is 292 g/mol. The van der Waals surface area contributed by atoms with Gasteiger partial charge in [-0.25, -0.2) is 0 Å². The van der Waals surface area contributed by atoms with Crippen LogP contribution in [0.5, 0.6) is 0 Å². The van der Waals surface area contributed by atoms with E-state index < -0.39 is 0 Å². The maximum Gasteiger partial charge on any atom is 0.304 e. The number of hydrogen-bond acceptors (Lipinski definition) is 5. The number of carbonyl (C=O) groups excluding carboxylic acids is 1. The Morgan fingerprint density at radius 2 is 2.19 bits per heavy atom. The SMILES string of the molecule is CC(=O)OC1c2ccccc2CCN1CCCC[N+](=O)[O-]. The minimum absolute atomic E-state index is 0.0113. The highest BCUT2D eigenvalue weighted by molar-refractivity contribution is 5.66. The van der Waals surface area contributed by atoms with Crippen LogP contribution in [0, 0.1) is 10.1 Å². The van der Waals surface area contributed by atoms with E-state index in [0.29, 0.717) is 13.0 Å². The van der Waals surface area contributed by atoms with Crippen molar-refractivity contribution < 1.29 is 14.5 Å². The molecule has 0 saturated carbocycles. The minimum Gasteiger partial charge on any atom is -0.442 e. The third-order valence-electron chi connectivity index (χ3n) is 3.63. The lowest BCUT2D eigenvalue weighted by Gasteiger charge is -2.36. The molecule has 21 heavy (non-hydrogen) atoms. The molecule has 0 fully saturated rings. The molecular formula is C15H20N2O4. The molecule has 1 aromatic rings. The predicted octanol–water partition coefficient (Wildman–Crippen LogP) is 2.16. The smallest absolute Gasteiger partial charge is 0.304 e. The monoisotopic (exact) mass is 292 g/mol. The molecule has 1 atom stereocenters. The van der Waals surface area contributed by atoms with Crippen LogP contribution in [0.3, 0.4) is 0 Å². The number of benzene rings is 1. The number of carbonyl (C=O) groups is 1. The van der Waals surface area contributed by atoms with E-state index in [1.807, 2.05) is 18.2 Å². The van der Waals surface area contributed by atoms with E-state index in [4.69, 9.17) is 4.74 Å². The van der Waals surface area contributed by atoms with Crippen LogP contribution in [-0.2, 0) is 16.0 Å². The van der Waals surface area contributed by atoms with E-state index >= 15 is 0 Å². The summed E-state index contributed by atoms with van der Waals surface area (Å²) in [6.45, 7) is 2.89. The van der Waals surface area contributed by atoms with Crippen LogP contribution >= 0.6 is 0 Å². The second-order valence-electron chi connectivity index (χ2n) is 5.21. The maximum absolute atomic E-state index is 11.3. The van der Waals surface area contributed by atoms with Crippen molar-refractivity contribution in [3.63, 3.8) is 0 Å². The Morgan fingerprint density at radius 3 is 2.90 bits per heavy atom. The number of rotatable bonds is 6. The number of nitrogens with zero attached hydrogens (tertiary/aromatic N) is 2. The third-order valence-corrected chi connectivity index (χ3v) is 3.63. The standard InChI is InChI=1S/C15H20N2O4/c1-12(18)21-15-14-7-3-2-6-13(14)8-11-16(15)9-4-5-10-17(19)20/h2-3,6-7,15H,4-5,8-11H2,1H3. The lowest BCUT2D eigenvalue weighted by Crippen LogP contribution is -2.38. The molecule has 0 aliphatic carbocycles. The number of fused-ring (bicyclic) bond motifs is 1. The number of unbranched alkanes of at least 4 members (excludes halogenated alkanes) is 1. The highest BCUT2D eigenvalue weighted by Gasteiger charge is 2.29. The lowest BCUT2D eigenvalue weighted by molar-refractivity contribution is -0.480. The first-order chi connectivity index (χ1) is 10.1. The zero-order valence-electron chi connectivity index (χ0n) is 12.2. The molecule has 0 spiro atoms. The van der Waals surface area contributed by atoms with Gasteiger partial charge in [-0.05, 0) is 18.4 Å². The molecule has 2 rings (SSSR count). The zero-order chi connectivity index (χ0) is 15.2. The largest absolute Gasteiger partial charge is 0.442 e. The van der Waals surface area contributed by atoms with Gasteiger partial charge in [-0.15, -0.1) is 0 Å². The van der Waals surface area contributed by atoms with Gasteiger partial charge in [0.1, 0.15) is 0 Å². The molecule has 6 heteroatoms. The van der Waals surface area contributed by atoms with Gasteiger partial charge in [0.15, 0.2) is 6.23 Å². The summed E-state index contributed by atoms with van der Waals surface area (Å²) in [5.74, 6) is -0.313. The predicted molar refractivity (Wildman–Crippen MR) is 77.3 cm³/mol. The number of ether oxygens (including phenoxy) is 1. The Hall–Kier alpha value is -1.95. The van der Waals surface area contributed by atoms with Gasteiger partial charge in [0.25, 0.3) is 0 Å². The molecular weight excluding hydrogens is 272 g/mol. The summed E-state index contributed by atoms with van der Waals surface area (Å²) in [5.41, 5.74) is 2.22. The van der Waals surface area contributed by atoms with E-state index in [1.165, 1.54) is 12.5 Å². The fourth-order valence-corrected chi connectivity index (χ4v) is 2.66. The van der Waals surface area contributed by atoms with Crippen LogP contribution in [-0.4, -0.2) is 35.4 Å². The molecule has 1 unspecified atom stereocenters. The van der Waals surface area contributed by atoms with Crippen molar-refractivity contribution in [2.45, 2.75) is 32.4 Å². The molecule has 0 radical (unpaired) electrons. The Morgan fingerprint density at radius 1 is 1.43 bits per heavy atom. The number of nitro groups is 1. The van der Waals surface area contributed by atoms with Gasteiger partial charge in [0.2, 0.25) is 6.54 Å². The fourth-order valence-electron chi connectivity index (χ4n) is 2.66. The second-order valence-corrected chi connectivity index (χ2v) is 5.21. The molecule has 0 aromatic heterocycles. The Kier molecular flexibility index (Phi) is 5.27. The summed E-state index contributed by atoms with van der Waals surface area (Å²) >= 11 is 0. The van der Waals surface area contributed by atoms with Gasteiger partial charge in [-0.1, -0.05) is 24.3 Å². The Balaban J connectivity index is 2.03. The van der Waals surface area contributed by atoms with Crippen LogP contribution in [0.4, 0.5) is 0 Å². The van der Waals surface area contributed by atoms with Crippen molar-refractivity contribution in [1.29, 1.82) is 0 Å². The zero-order valence-corrected chi connectivity index (χ0v) is 12.2. The van der Waals surface area contributed by atoms with Crippen LogP contribution < -0.4 is 0 Å². The summed E-state index contributed by atoms with van der Waals surface area (Å²) in [5, 5.41) is 10.3. The summed E-state index contributed by atoms with van der Waals surface area (Å²) in [6.07, 6.45) is 1.80. The number of esters is 1. The summed E-state index contributed by atoms with van der Waals surface area (Å²) < 4.78 is 5.46. The molecule has 0 bridgehead atoms. The van der Waals surface area contributed by atoms with Gasteiger partial charge in [0.05, 0.1) is 0 Å². The molecule has 1 aliphatic heterocycles. The van der Waals surface area contributed by atoms with E-state index in [9.17, 15) is 14.9 Å². The van der Waals surface area contributed by atoms with Crippen molar-refractivity contribution in [2.75, 3.05) is 19.6 Å². The van der Waals surface area contributed by atoms with Crippen molar-refractivity contribution in [3.05, 3.63) is 45.5 Å². The fraction of sp³-hybridized carbons (Fsp3) is 0.533. The third kappa shape index (κ3) is 4.26. The molecule has 1 aromatic carbocycles. The summed E-state index contributed by atoms with van der Waals surface area (Å²) in [4.78, 5) is 23.5. The van der Waals surface area contributed by atoms with Crippen LogP contribution in [0.15, 0.2) is 24.3 Å². The molecule has 1 heterocycles. The quantitative estimate of drug-likeness (QED) is 0.348. The average Bonchev–Trinajstić information content (AvgIpc) is 2.44. The van der Waals surface area contributed by atoms with Crippen LogP contribution in [0.25, 0.3) is 0 Å². The summed E-state index contributed by atoms with van der Waals surface area (Å²) in [6, 6.07) is 7.95. The Labute approximate surface area is 123 Å². The van der Waals surface area contributed by atoms with Crippen molar-refractivity contribution in [2.24, 2.45) is 0 Å². The highest BCUT2D eigenvalue weighted by Crippen LogP contribution is 2.30. The van der Waals surface area contributed by atoms with Crippen molar-refractivity contribution >= 4 is 5.97 Å². The van der Waals surface area contributed by atoms with Gasteiger partial charge in [-0.2, -0.15) is 0 Å². The van der Waals surface area contributed by atoms with Gasteiger partial charge in [0, 0.05) is 36.9 Å². The van der Waals surface area contributed by atoms with Crippen molar-refractivity contribution in [1.82, 2.24) is 4.90 Å². The van der Waals surface area contributed by atoms with Gasteiger partial charge in [-0.3, -0.25) is 19.8 Å². The first kappa shape index (κ1) is 15.4. The molecule has 114 valence electrons. The van der Waals surface area contributed by atoms with E-state index in [1.54, 1.807) is 0 Å². The normalized spacial score (nSPS) is 18.0. The molecule has 0 saturated heterocycles. The topological polar surface area (TPSA) is 72.7 Å². The van der Waals surface area contributed by atoms with Crippen LogP contribution in [0.2, 0.25) is 0 Å². The lowest BCUT2D eigenvalue weighted by atomic mass is 9.98. The van der Waals surface area contributed by atoms with Gasteiger partial charge < -0.3 is 4.74 Å². The molecule has 1 aliphatic rings. The maximum atomic E-state index is 11.3. The summed E-state index contributed by atoms with van der Waals surface area (Å²) in [7, 11) is 0. The first-order valence-corrected chi connectivity index (χ1v) is 7.19. The molecule has 0 amide bonds. The van der Waals surface area contributed by atoms with Crippen LogP contribution in [0.1, 0.15) is 37.1 Å². The molecule has 6 nitrogen and oxygen atoms in total. The second kappa shape index (κ2) is 7.17. The first-order valence-electron chi connectivity index (χ1n) is 7.19. The highest BCUT2D eigenvalue weighted by atomic mass is 16.6. The Bertz CT molecular complexity index is 518. The van der Waals surface area contributed by atoms with Gasteiger partial charge >= 0.3 is 5.97 Å². The van der Waals surface area contributed by atoms with E-state index in [2.05, 4.69) is 11.0 Å².